The molecule has 0 atom stereocenters. The lowest BCUT2D eigenvalue weighted by Gasteiger charge is -2.16. The van der Waals surface area contributed by atoms with E-state index in [1.54, 1.807) is 6.08 Å². The Morgan fingerprint density at radius 2 is 1.80 bits per heavy atom. The lowest BCUT2D eigenvalue weighted by molar-refractivity contribution is -0.137. The molecular formula is C17H9BrF3NOS2. The Bertz CT molecular complexity index is 878. The summed E-state index contributed by atoms with van der Waals surface area (Å²) in [6.07, 6.45) is -2.82. The van der Waals surface area contributed by atoms with Crippen LogP contribution in [0.1, 0.15) is 11.1 Å². The Morgan fingerprint density at radius 1 is 1.12 bits per heavy atom. The number of alkyl halides is 3. The molecule has 3 rings (SSSR count). The predicted molar refractivity (Wildman–Crippen MR) is 101 cm³/mol. The molecule has 2 nitrogen and oxygen atoms in total. The van der Waals surface area contributed by atoms with Crippen molar-refractivity contribution in [3.05, 3.63) is 69.0 Å². The molecule has 0 aromatic heterocycles. The minimum Gasteiger partial charge on any atom is -0.268 e. The van der Waals surface area contributed by atoms with Crippen LogP contribution in [-0.2, 0) is 11.0 Å². The first-order valence-electron chi connectivity index (χ1n) is 6.96. The molecule has 0 unspecified atom stereocenters. The summed E-state index contributed by atoms with van der Waals surface area (Å²) in [4.78, 5) is 14.1. The van der Waals surface area contributed by atoms with Crippen molar-refractivity contribution in [1.29, 1.82) is 0 Å². The Morgan fingerprint density at radius 3 is 2.44 bits per heavy atom. The summed E-state index contributed by atoms with van der Waals surface area (Å²) in [5.74, 6) is -0.433. The molecule has 1 amide bonds. The fourth-order valence-electron chi connectivity index (χ4n) is 2.22. The van der Waals surface area contributed by atoms with E-state index in [0.717, 1.165) is 38.8 Å². The van der Waals surface area contributed by atoms with Gasteiger partial charge in [-0.2, -0.15) is 13.2 Å². The van der Waals surface area contributed by atoms with E-state index in [4.69, 9.17) is 12.2 Å². The van der Waals surface area contributed by atoms with Crippen molar-refractivity contribution < 1.29 is 18.0 Å². The van der Waals surface area contributed by atoms with Gasteiger partial charge in [0.15, 0.2) is 4.32 Å². The number of rotatable bonds is 2. The molecule has 8 heteroatoms. The van der Waals surface area contributed by atoms with Crippen LogP contribution in [0.4, 0.5) is 18.9 Å². The number of nitrogens with zero attached hydrogens (tertiary/aromatic N) is 1. The van der Waals surface area contributed by atoms with Crippen molar-refractivity contribution in [2.24, 2.45) is 0 Å². The topological polar surface area (TPSA) is 20.3 Å². The molecule has 0 saturated carbocycles. The third kappa shape index (κ3) is 3.96. The summed E-state index contributed by atoms with van der Waals surface area (Å²) in [7, 11) is 0. The average molecular weight is 444 g/mol. The van der Waals surface area contributed by atoms with E-state index < -0.39 is 17.6 Å². The SMILES string of the molecule is O=C1/C(=C/c2ccc(Br)cc2)SC(=S)N1c1cccc(C(F)(F)F)c1. The van der Waals surface area contributed by atoms with E-state index in [1.807, 2.05) is 24.3 Å². The third-order valence-electron chi connectivity index (χ3n) is 3.39. The molecule has 1 heterocycles. The van der Waals surface area contributed by atoms with Crippen molar-refractivity contribution in [3.8, 4) is 0 Å². The zero-order chi connectivity index (χ0) is 18.2. The molecule has 1 saturated heterocycles. The first kappa shape index (κ1) is 18.2. The average Bonchev–Trinajstić information content (AvgIpc) is 2.83. The molecule has 0 aliphatic carbocycles. The van der Waals surface area contributed by atoms with Crippen molar-refractivity contribution in [2.45, 2.75) is 6.18 Å². The Balaban J connectivity index is 1.93. The lowest BCUT2D eigenvalue weighted by Crippen LogP contribution is -2.27. The van der Waals surface area contributed by atoms with Crippen molar-refractivity contribution in [3.63, 3.8) is 0 Å². The van der Waals surface area contributed by atoms with Gasteiger partial charge in [-0.3, -0.25) is 9.69 Å². The number of anilines is 1. The zero-order valence-electron chi connectivity index (χ0n) is 12.4. The van der Waals surface area contributed by atoms with Gasteiger partial charge < -0.3 is 0 Å². The van der Waals surface area contributed by atoms with Crippen LogP contribution in [0.15, 0.2) is 57.9 Å². The minimum atomic E-state index is -4.48. The molecule has 2 aromatic rings. The van der Waals surface area contributed by atoms with Crippen LogP contribution < -0.4 is 4.90 Å². The van der Waals surface area contributed by atoms with Gasteiger partial charge in [-0.1, -0.05) is 58.1 Å². The Labute approximate surface area is 159 Å². The normalized spacial score (nSPS) is 16.8. The zero-order valence-corrected chi connectivity index (χ0v) is 15.6. The van der Waals surface area contributed by atoms with Crippen molar-refractivity contribution >= 4 is 61.9 Å². The molecule has 2 aromatic carbocycles. The number of carbonyl (C=O) groups is 1. The molecule has 0 N–H and O–H groups in total. The van der Waals surface area contributed by atoms with Gasteiger partial charge in [-0.05, 0) is 42.0 Å². The second-order valence-electron chi connectivity index (χ2n) is 5.12. The van der Waals surface area contributed by atoms with Crippen molar-refractivity contribution in [1.82, 2.24) is 0 Å². The van der Waals surface area contributed by atoms with Crippen LogP contribution in [0, 0.1) is 0 Å². The second kappa shape index (κ2) is 6.93. The van der Waals surface area contributed by atoms with E-state index in [1.165, 1.54) is 12.1 Å². The molecule has 1 fully saturated rings. The lowest BCUT2D eigenvalue weighted by atomic mass is 10.1. The van der Waals surface area contributed by atoms with Gasteiger partial charge in [-0.15, -0.1) is 0 Å². The first-order chi connectivity index (χ1) is 11.8. The van der Waals surface area contributed by atoms with Gasteiger partial charge in [0.25, 0.3) is 5.91 Å². The van der Waals surface area contributed by atoms with Crippen LogP contribution in [0.25, 0.3) is 6.08 Å². The number of benzene rings is 2. The summed E-state index contributed by atoms with van der Waals surface area (Å²) in [5.41, 5.74) is 0.0835. The molecule has 128 valence electrons. The van der Waals surface area contributed by atoms with Crippen molar-refractivity contribution in [2.75, 3.05) is 4.90 Å². The van der Waals surface area contributed by atoms with Gasteiger partial charge in [0.2, 0.25) is 0 Å². The minimum absolute atomic E-state index is 0.108. The van der Waals surface area contributed by atoms with Gasteiger partial charge in [0.1, 0.15) is 0 Å². The highest BCUT2D eigenvalue weighted by molar-refractivity contribution is 9.10. The number of thioether (sulfide) groups is 1. The summed E-state index contributed by atoms with van der Waals surface area (Å²) >= 11 is 9.58. The highest BCUT2D eigenvalue weighted by Gasteiger charge is 2.36. The van der Waals surface area contributed by atoms with E-state index >= 15 is 0 Å². The number of hydrogen-bond acceptors (Lipinski definition) is 3. The van der Waals surface area contributed by atoms with Crippen LogP contribution in [0.2, 0.25) is 0 Å². The molecule has 0 radical (unpaired) electrons. The highest BCUT2D eigenvalue weighted by atomic mass is 79.9. The Hall–Kier alpha value is -1.64. The number of thiocarbonyl (C=S) groups is 1. The molecule has 1 aliphatic heterocycles. The molecule has 25 heavy (non-hydrogen) atoms. The Kier molecular flexibility index (Phi) is 5.04. The first-order valence-corrected chi connectivity index (χ1v) is 8.98. The molecule has 0 spiro atoms. The number of hydrogen-bond donors (Lipinski definition) is 0. The standard InChI is InChI=1S/C17H9BrF3NOS2/c18-12-6-4-10(5-7-12)8-14-15(23)22(16(24)25-14)13-3-1-2-11(9-13)17(19,20)21/h1-9H/b14-8-. The van der Waals surface area contributed by atoms with Gasteiger partial charge >= 0.3 is 6.18 Å². The summed E-state index contributed by atoms with van der Waals surface area (Å²) in [5, 5.41) is 0. The quantitative estimate of drug-likeness (QED) is 0.427. The maximum absolute atomic E-state index is 12.9. The van der Waals surface area contributed by atoms with E-state index in [0.29, 0.717) is 4.91 Å². The number of carbonyl (C=O) groups excluding carboxylic acids is 1. The molecule has 0 bridgehead atoms. The maximum atomic E-state index is 12.9. The maximum Gasteiger partial charge on any atom is 0.416 e. The van der Waals surface area contributed by atoms with Crippen LogP contribution in [0.3, 0.4) is 0 Å². The second-order valence-corrected chi connectivity index (χ2v) is 7.71. The largest absolute Gasteiger partial charge is 0.416 e. The van der Waals surface area contributed by atoms with Gasteiger partial charge in [0, 0.05) is 4.47 Å². The molecule has 1 aliphatic rings. The fourth-order valence-corrected chi connectivity index (χ4v) is 3.79. The molecular weight excluding hydrogens is 435 g/mol. The van der Waals surface area contributed by atoms with Gasteiger partial charge in [0.05, 0.1) is 16.2 Å². The summed E-state index contributed by atoms with van der Waals surface area (Å²) < 4.78 is 39.8. The monoisotopic (exact) mass is 443 g/mol. The smallest absolute Gasteiger partial charge is 0.268 e. The van der Waals surface area contributed by atoms with E-state index in [2.05, 4.69) is 15.9 Å². The predicted octanol–water partition coefficient (Wildman–Crippen LogP) is 5.87. The van der Waals surface area contributed by atoms with Crippen LogP contribution in [-0.4, -0.2) is 10.2 Å². The number of amides is 1. The van der Waals surface area contributed by atoms with Crippen LogP contribution in [0.5, 0.6) is 0 Å². The highest BCUT2D eigenvalue weighted by Crippen LogP contribution is 2.38. The van der Waals surface area contributed by atoms with Crippen LogP contribution >= 0.6 is 39.9 Å². The third-order valence-corrected chi connectivity index (χ3v) is 5.22. The fraction of sp³-hybridized carbons (Fsp3) is 0.0588. The van der Waals surface area contributed by atoms with Gasteiger partial charge in [-0.25, -0.2) is 0 Å². The summed E-state index contributed by atoms with van der Waals surface area (Å²) in [6, 6.07) is 11.9. The number of halogens is 4. The van der Waals surface area contributed by atoms with E-state index in [-0.39, 0.29) is 10.0 Å². The van der Waals surface area contributed by atoms with E-state index in [9.17, 15) is 18.0 Å². The summed E-state index contributed by atoms with van der Waals surface area (Å²) in [6.45, 7) is 0.